The summed E-state index contributed by atoms with van der Waals surface area (Å²) >= 11 is 0. The monoisotopic (exact) mass is 637 g/mol. The van der Waals surface area contributed by atoms with E-state index in [1.165, 1.54) is 55.6 Å². The standard InChI is InChI=1S/C47H72/c1-41(2,3)30-22-24-33(35(26-30)44(10,11)12)39(34-25-23-31(42(4,5)6)27-36(34)45(13,14)15)40-37(46(16,17)18)28-32(43(7,8)9)29-38(40)47(19,20)21/h22-29,39H,1-21H3. The molecule has 0 unspecified atom stereocenters. The van der Waals surface area contributed by atoms with Crippen molar-refractivity contribution in [1.29, 1.82) is 0 Å². The van der Waals surface area contributed by atoms with Crippen molar-refractivity contribution in [3.8, 4) is 0 Å². The average molecular weight is 637 g/mol. The first kappa shape index (κ1) is 39.1. The van der Waals surface area contributed by atoms with Crippen LogP contribution in [0, 0.1) is 0 Å². The molecule has 0 radical (unpaired) electrons. The quantitative estimate of drug-likeness (QED) is 0.251. The second-order valence-corrected chi connectivity index (χ2v) is 21.8. The lowest BCUT2D eigenvalue weighted by Crippen LogP contribution is -2.29. The van der Waals surface area contributed by atoms with E-state index in [0.717, 1.165) is 0 Å². The van der Waals surface area contributed by atoms with E-state index in [9.17, 15) is 0 Å². The largest absolute Gasteiger partial charge is 0.0582 e. The molecule has 3 rings (SSSR count). The van der Waals surface area contributed by atoms with E-state index in [1.54, 1.807) is 0 Å². The molecule has 260 valence electrons. The molecular weight excluding hydrogens is 565 g/mol. The first-order valence-corrected chi connectivity index (χ1v) is 18.2. The van der Waals surface area contributed by atoms with Gasteiger partial charge in [-0.15, -0.1) is 0 Å². The molecule has 0 aromatic heterocycles. The van der Waals surface area contributed by atoms with Gasteiger partial charge in [0.2, 0.25) is 0 Å². The third kappa shape index (κ3) is 8.64. The summed E-state index contributed by atoms with van der Waals surface area (Å²) in [7, 11) is 0. The predicted molar refractivity (Wildman–Crippen MR) is 211 cm³/mol. The van der Waals surface area contributed by atoms with Gasteiger partial charge in [0.25, 0.3) is 0 Å². The van der Waals surface area contributed by atoms with Crippen LogP contribution in [0.3, 0.4) is 0 Å². The summed E-state index contributed by atoms with van der Waals surface area (Å²) in [5, 5.41) is 0. The van der Waals surface area contributed by atoms with Crippen molar-refractivity contribution >= 4 is 0 Å². The fraction of sp³-hybridized carbons (Fsp3) is 0.617. The summed E-state index contributed by atoms with van der Waals surface area (Å²) in [4.78, 5) is 0. The van der Waals surface area contributed by atoms with Gasteiger partial charge in [0.1, 0.15) is 0 Å². The van der Waals surface area contributed by atoms with Crippen LogP contribution in [0.5, 0.6) is 0 Å². The van der Waals surface area contributed by atoms with Gasteiger partial charge in [-0.05, 0) is 93.5 Å². The number of rotatable bonds is 3. The first-order valence-electron chi connectivity index (χ1n) is 18.2. The lowest BCUT2D eigenvalue weighted by atomic mass is 9.64. The predicted octanol–water partition coefficient (Wildman–Crippen LogP) is 13.9. The Bertz CT molecular complexity index is 1460. The summed E-state index contributed by atoms with van der Waals surface area (Å²) in [6.07, 6.45) is 0. The molecule has 0 saturated heterocycles. The van der Waals surface area contributed by atoms with E-state index in [-0.39, 0.29) is 43.8 Å². The molecule has 0 bridgehead atoms. The zero-order valence-corrected chi connectivity index (χ0v) is 34.7. The molecule has 0 heteroatoms. The Morgan fingerprint density at radius 3 is 0.787 bits per heavy atom. The molecule has 0 atom stereocenters. The lowest BCUT2D eigenvalue weighted by molar-refractivity contribution is 0.529. The second-order valence-electron chi connectivity index (χ2n) is 21.8. The van der Waals surface area contributed by atoms with E-state index < -0.39 is 0 Å². The van der Waals surface area contributed by atoms with Crippen LogP contribution in [-0.2, 0) is 37.9 Å². The topological polar surface area (TPSA) is 0 Å². The van der Waals surface area contributed by atoms with Crippen LogP contribution in [0.1, 0.15) is 207 Å². The molecule has 47 heavy (non-hydrogen) atoms. The lowest BCUT2D eigenvalue weighted by Gasteiger charge is -2.40. The van der Waals surface area contributed by atoms with Crippen molar-refractivity contribution in [3.05, 3.63) is 104 Å². The highest BCUT2D eigenvalue weighted by atomic mass is 14.4. The number of hydrogen-bond acceptors (Lipinski definition) is 0. The summed E-state index contributed by atoms with van der Waals surface area (Å²) in [6.45, 7) is 50.1. The van der Waals surface area contributed by atoms with Crippen LogP contribution in [0.15, 0.2) is 48.5 Å². The van der Waals surface area contributed by atoms with Crippen molar-refractivity contribution < 1.29 is 0 Å². The van der Waals surface area contributed by atoms with Crippen molar-refractivity contribution in [2.24, 2.45) is 0 Å². The van der Waals surface area contributed by atoms with Gasteiger partial charge in [0.15, 0.2) is 0 Å². The molecule has 3 aromatic carbocycles. The maximum absolute atomic E-state index is 2.57. The van der Waals surface area contributed by atoms with Crippen molar-refractivity contribution in [2.75, 3.05) is 0 Å². The van der Waals surface area contributed by atoms with Gasteiger partial charge < -0.3 is 0 Å². The number of hydrogen-bond donors (Lipinski definition) is 0. The molecule has 0 aliphatic heterocycles. The summed E-state index contributed by atoms with van der Waals surface area (Å²) in [5.74, 6) is 0.0824. The van der Waals surface area contributed by atoms with Crippen LogP contribution in [-0.4, -0.2) is 0 Å². The fourth-order valence-corrected chi connectivity index (χ4v) is 6.96. The van der Waals surface area contributed by atoms with E-state index >= 15 is 0 Å². The SMILES string of the molecule is CC(C)(C)c1ccc(C(c2ccc(C(C)(C)C)cc2C(C)(C)C)c2c(C(C)(C)C)cc(C(C)(C)C)cc2C(C)(C)C)c(C(C)(C)C)c1. The van der Waals surface area contributed by atoms with Gasteiger partial charge in [0.05, 0.1) is 0 Å². The first-order chi connectivity index (χ1) is 20.8. The molecule has 3 aromatic rings. The van der Waals surface area contributed by atoms with E-state index in [0.29, 0.717) is 0 Å². The number of benzene rings is 3. The smallest absolute Gasteiger partial charge is 0.0351 e. The van der Waals surface area contributed by atoms with E-state index in [1.807, 2.05) is 0 Å². The van der Waals surface area contributed by atoms with Crippen LogP contribution in [0.4, 0.5) is 0 Å². The minimum atomic E-state index is -0.0463. The second kappa shape index (κ2) is 12.2. The molecule has 0 amide bonds. The molecule has 0 nitrogen and oxygen atoms in total. The van der Waals surface area contributed by atoms with E-state index in [4.69, 9.17) is 0 Å². The Morgan fingerprint density at radius 2 is 0.553 bits per heavy atom. The van der Waals surface area contributed by atoms with Gasteiger partial charge in [-0.1, -0.05) is 194 Å². The normalized spacial score (nSPS) is 14.3. The highest BCUT2D eigenvalue weighted by molar-refractivity contribution is 5.60. The average Bonchev–Trinajstić information content (AvgIpc) is 2.84. The molecule has 0 saturated carbocycles. The van der Waals surface area contributed by atoms with Crippen LogP contribution >= 0.6 is 0 Å². The molecule has 0 heterocycles. The molecule has 0 aliphatic carbocycles. The fourth-order valence-electron chi connectivity index (χ4n) is 6.96. The summed E-state index contributed by atoms with van der Waals surface area (Å²) in [5.41, 5.74) is 14.5. The minimum absolute atomic E-state index is 0.0305. The van der Waals surface area contributed by atoms with Crippen LogP contribution < -0.4 is 0 Å². The van der Waals surface area contributed by atoms with Crippen LogP contribution in [0.25, 0.3) is 0 Å². The minimum Gasteiger partial charge on any atom is -0.0582 e. The zero-order valence-electron chi connectivity index (χ0n) is 34.7. The molecular formula is C47H72. The van der Waals surface area contributed by atoms with E-state index in [2.05, 4.69) is 194 Å². The van der Waals surface area contributed by atoms with Gasteiger partial charge in [-0.3, -0.25) is 0 Å². The zero-order chi connectivity index (χ0) is 36.5. The molecule has 0 aliphatic rings. The van der Waals surface area contributed by atoms with Gasteiger partial charge in [-0.25, -0.2) is 0 Å². The maximum atomic E-state index is 2.57. The van der Waals surface area contributed by atoms with Gasteiger partial charge in [0, 0.05) is 5.92 Å². The third-order valence-corrected chi connectivity index (χ3v) is 10.0. The van der Waals surface area contributed by atoms with Gasteiger partial charge >= 0.3 is 0 Å². The molecule has 0 spiro atoms. The Labute approximate surface area is 292 Å². The van der Waals surface area contributed by atoms with Crippen molar-refractivity contribution in [1.82, 2.24) is 0 Å². The summed E-state index contributed by atoms with van der Waals surface area (Å²) in [6, 6.07) is 20.1. The summed E-state index contributed by atoms with van der Waals surface area (Å²) < 4.78 is 0. The van der Waals surface area contributed by atoms with Crippen molar-refractivity contribution in [3.63, 3.8) is 0 Å². The Balaban J connectivity index is 2.79. The van der Waals surface area contributed by atoms with Crippen molar-refractivity contribution in [2.45, 2.75) is 189 Å². The van der Waals surface area contributed by atoms with Gasteiger partial charge in [-0.2, -0.15) is 0 Å². The Kier molecular flexibility index (Phi) is 10.2. The Morgan fingerprint density at radius 1 is 0.298 bits per heavy atom. The maximum Gasteiger partial charge on any atom is 0.0351 e. The highest BCUT2D eigenvalue weighted by Gasteiger charge is 2.38. The Hall–Kier alpha value is -2.34. The highest BCUT2D eigenvalue weighted by Crippen LogP contribution is 2.50. The third-order valence-electron chi connectivity index (χ3n) is 10.0. The van der Waals surface area contributed by atoms with Crippen LogP contribution in [0.2, 0.25) is 0 Å². The molecule has 0 fully saturated rings. The molecule has 0 N–H and O–H groups in total.